The van der Waals surface area contributed by atoms with Crippen molar-refractivity contribution in [3.8, 4) is 34.3 Å². The molecule has 0 aliphatic carbocycles. The molecule has 0 bridgehead atoms. The first-order chi connectivity index (χ1) is 19.8. The monoisotopic (exact) mass is 512 g/mol. The lowest BCUT2D eigenvalue weighted by Gasteiger charge is -2.12. The SMILES string of the molecule is c1ccc(-c2nc(-c3ccccc3)nc(-c3nc4ccccc4c4cc5ccc6cccnc6c5nc34)n2)cc1. The van der Waals surface area contributed by atoms with Crippen LogP contribution in [-0.4, -0.2) is 29.9 Å². The van der Waals surface area contributed by atoms with E-state index in [-0.39, 0.29) is 0 Å². The molecule has 0 amide bonds. The van der Waals surface area contributed by atoms with Gasteiger partial charge < -0.3 is 0 Å². The van der Waals surface area contributed by atoms with Gasteiger partial charge in [-0.15, -0.1) is 0 Å². The van der Waals surface area contributed by atoms with E-state index in [4.69, 9.17) is 24.9 Å². The molecule has 8 rings (SSSR count). The molecule has 186 valence electrons. The Bertz CT molecular complexity index is 2160. The summed E-state index contributed by atoms with van der Waals surface area (Å²) in [6.45, 7) is 0. The van der Waals surface area contributed by atoms with Crippen molar-refractivity contribution in [2.45, 2.75) is 0 Å². The highest BCUT2D eigenvalue weighted by Gasteiger charge is 2.19. The second-order valence-corrected chi connectivity index (χ2v) is 9.61. The van der Waals surface area contributed by atoms with Crippen LogP contribution < -0.4 is 0 Å². The van der Waals surface area contributed by atoms with Gasteiger partial charge in [0, 0.05) is 38.9 Å². The lowest BCUT2D eigenvalue weighted by atomic mass is 10.0. The Kier molecular flexibility index (Phi) is 5.03. The van der Waals surface area contributed by atoms with E-state index >= 15 is 0 Å². The van der Waals surface area contributed by atoms with Crippen molar-refractivity contribution in [2.75, 3.05) is 0 Å². The molecule has 0 unspecified atom stereocenters. The minimum atomic E-state index is 0.475. The number of pyridine rings is 3. The maximum Gasteiger partial charge on any atom is 0.184 e. The molecule has 0 fully saturated rings. The number of aromatic nitrogens is 6. The molecule has 0 atom stereocenters. The first-order valence-corrected chi connectivity index (χ1v) is 13.1. The van der Waals surface area contributed by atoms with Crippen molar-refractivity contribution < 1.29 is 0 Å². The van der Waals surface area contributed by atoms with E-state index in [0.717, 1.165) is 54.7 Å². The molecular formula is C34H20N6. The fraction of sp³-hybridized carbons (Fsp3) is 0. The second kappa shape index (κ2) is 8.99. The van der Waals surface area contributed by atoms with Crippen LogP contribution in [0.1, 0.15) is 0 Å². The summed E-state index contributed by atoms with van der Waals surface area (Å²) in [6, 6.07) is 38.4. The van der Waals surface area contributed by atoms with Gasteiger partial charge in [0.2, 0.25) is 0 Å². The minimum Gasteiger partial charge on any atom is -0.254 e. The molecule has 0 saturated carbocycles. The van der Waals surface area contributed by atoms with Crippen LogP contribution in [0.4, 0.5) is 0 Å². The summed E-state index contributed by atoms with van der Waals surface area (Å²) in [5, 5.41) is 4.07. The lowest BCUT2D eigenvalue weighted by molar-refractivity contribution is 1.06. The Hall–Kier alpha value is -5.62. The van der Waals surface area contributed by atoms with Crippen molar-refractivity contribution in [1.82, 2.24) is 29.9 Å². The topological polar surface area (TPSA) is 77.3 Å². The van der Waals surface area contributed by atoms with Gasteiger partial charge in [0.25, 0.3) is 0 Å². The molecule has 0 aliphatic heterocycles. The Balaban J connectivity index is 1.49. The molecule has 0 aliphatic rings. The van der Waals surface area contributed by atoms with Crippen LogP contribution in [0.15, 0.2) is 121 Å². The molecule has 40 heavy (non-hydrogen) atoms. The van der Waals surface area contributed by atoms with E-state index in [0.29, 0.717) is 23.2 Å². The third kappa shape index (κ3) is 3.66. The van der Waals surface area contributed by atoms with Gasteiger partial charge in [0.05, 0.1) is 16.6 Å². The number of rotatable bonds is 3. The number of hydrogen-bond acceptors (Lipinski definition) is 6. The largest absolute Gasteiger partial charge is 0.254 e. The predicted molar refractivity (Wildman–Crippen MR) is 160 cm³/mol. The van der Waals surface area contributed by atoms with E-state index in [1.807, 2.05) is 84.9 Å². The maximum atomic E-state index is 5.21. The minimum absolute atomic E-state index is 0.475. The second-order valence-electron chi connectivity index (χ2n) is 9.61. The lowest BCUT2D eigenvalue weighted by Crippen LogP contribution is -2.03. The van der Waals surface area contributed by atoms with Crippen molar-refractivity contribution in [3.05, 3.63) is 121 Å². The predicted octanol–water partition coefficient (Wildman–Crippen LogP) is 7.67. The normalized spacial score (nSPS) is 11.5. The summed E-state index contributed by atoms with van der Waals surface area (Å²) in [5.74, 6) is 1.64. The van der Waals surface area contributed by atoms with Crippen LogP contribution in [0, 0.1) is 0 Å². The van der Waals surface area contributed by atoms with Crippen molar-refractivity contribution >= 4 is 43.6 Å². The standard InChI is InChI=1S/C34H20N6/c1-3-10-22(11-4-1)32-38-33(23-12-5-2-6-13-23)40-34(39-32)31-30-26(25-15-7-8-16-27(25)36-31)20-24-18-17-21-14-9-19-35-28(21)29(24)37-30/h1-20H. The third-order valence-electron chi connectivity index (χ3n) is 7.12. The number of para-hydroxylation sites is 1. The summed E-state index contributed by atoms with van der Waals surface area (Å²) in [5.41, 5.74) is 5.68. The first kappa shape index (κ1) is 22.4. The van der Waals surface area contributed by atoms with Crippen molar-refractivity contribution in [1.29, 1.82) is 0 Å². The molecule has 6 heteroatoms. The highest BCUT2D eigenvalue weighted by atomic mass is 15.1. The van der Waals surface area contributed by atoms with Crippen molar-refractivity contribution in [2.24, 2.45) is 0 Å². The van der Waals surface area contributed by atoms with Gasteiger partial charge in [-0.05, 0) is 18.2 Å². The maximum absolute atomic E-state index is 5.21. The zero-order valence-electron chi connectivity index (χ0n) is 21.2. The first-order valence-electron chi connectivity index (χ1n) is 13.1. The van der Waals surface area contributed by atoms with Gasteiger partial charge in [-0.2, -0.15) is 0 Å². The van der Waals surface area contributed by atoms with Gasteiger partial charge >= 0.3 is 0 Å². The van der Waals surface area contributed by atoms with E-state index < -0.39 is 0 Å². The van der Waals surface area contributed by atoms with E-state index in [9.17, 15) is 0 Å². The van der Waals surface area contributed by atoms with Gasteiger partial charge in [-0.25, -0.2) is 24.9 Å². The van der Waals surface area contributed by atoms with E-state index in [2.05, 4.69) is 35.3 Å². The highest BCUT2D eigenvalue weighted by molar-refractivity contribution is 6.15. The molecule has 8 aromatic rings. The zero-order valence-corrected chi connectivity index (χ0v) is 21.2. The summed E-state index contributed by atoms with van der Waals surface area (Å²) < 4.78 is 0. The van der Waals surface area contributed by atoms with Crippen molar-refractivity contribution in [3.63, 3.8) is 0 Å². The Labute approximate surface area is 229 Å². The van der Waals surface area contributed by atoms with Crippen LogP contribution in [0.25, 0.3) is 77.9 Å². The van der Waals surface area contributed by atoms with Crippen LogP contribution in [0.5, 0.6) is 0 Å². The number of hydrogen-bond donors (Lipinski definition) is 0. The van der Waals surface area contributed by atoms with Crippen LogP contribution in [-0.2, 0) is 0 Å². The average Bonchev–Trinajstić information content (AvgIpc) is 3.04. The molecule has 4 aromatic heterocycles. The number of nitrogens with zero attached hydrogens (tertiary/aromatic N) is 6. The van der Waals surface area contributed by atoms with Crippen LogP contribution in [0.3, 0.4) is 0 Å². The molecular weight excluding hydrogens is 492 g/mol. The fourth-order valence-electron chi connectivity index (χ4n) is 5.20. The Morgan fingerprint density at radius 3 is 1.80 bits per heavy atom. The number of benzene rings is 4. The molecule has 0 spiro atoms. The Morgan fingerprint density at radius 1 is 0.400 bits per heavy atom. The Morgan fingerprint density at radius 2 is 1.05 bits per heavy atom. The number of fused-ring (bicyclic) bond motifs is 6. The summed E-state index contributed by atoms with van der Waals surface area (Å²) in [4.78, 5) is 29.7. The molecule has 0 saturated heterocycles. The highest BCUT2D eigenvalue weighted by Crippen LogP contribution is 2.35. The molecule has 4 heterocycles. The fourth-order valence-corrected chi connectivity index (χ4v) is 5.20. The quantitative estimate of drug-likeness (QED) is 0.179. The third-order valence-corrected chi connectivity index (χ3v) is 7.12. The smallest absolute Gasteiger partial charge is 0.184 e. The average molecular weight is 513 g/mol. The van der Waals surface area contributed by atoms with E-state index in [1.165, 1.54) is 0 Å². The van der Waals surface area contributed by atoms with Crippen LogP contribution >= 0.6 is 0 Å². The van der Waals surface area contributed by atoms with Gasteiger partial charge in [-0.1, -0.05) is 97.1 Å². The zero-order chi connectivity index (χ0) is 26.5. The summed E-state index contributed by atoms with van der Waals surface area (Å²) >= 11 is 0. The summed E-state index contributed by atoms with van der Waals surface area (Å²) in [7, 11) is 0. The summed E-state index contributed by atoms with van der Waals surface area (Å²) in [6.07, 6.45) is 1.80. The van der Waals surface area contributed by atoms with Gasteiger partial charge in [0.15, 0.2) is 17.5 Å². The van der Waals surface area contributed by atoms with Crippen LogP contribution in [0.2, 0.25) is 0 Å². The van der Waals surface area contributed by atoms with Gasteiger partial charge in [-0.3, -0.25) is 4.98 Å². The molecule has 4 aromatic carbocycles. The molecule has 6 nitrogen and oxygen atoms in total. The molecule has 0 radical (unpaired) electrons. The molecule has 0 N–H and O–H groups in total. The van der Waals surface area contributed by atoms with Gasteiger partial charge in [0.1, 0.15) is 11.2 Å². The van der Waals surface area contributed by atoms with E-state index in [1.54, 1.807) is 6.20 Å².